The van der Waals surface area contributed by atoms with Crippen molar-refractivity contribution in [2.45, 2.75) is 43.9 Å². The smallest absolute Gasteiger partial charge is 0.0446 e. The molecular weight excluding hydrogens is 262 g/mol. The van der Waals surface area contributed by atoms with Gasteiger partial charge in [0.15, 0.2) is 0 Å². The van der Waals surface area contributed by atoms with E-state index in [2.05, 4.69) is 19.1 Å². The minimum absolute atomic E-state index is 0.162. The summed E-state index contributed by atoms with van der Waals surface area (Å²) in [7, 11) is 0. The summed E-state index contributed by atoms with van der Waals surface area (Å²) in [6.07, 6.45) is 5.61. The molecule has 2 N–H and O–H groups in total. The highest BCUT2D eigenvalue weighted by Crippen LogP contribution is 2.37. The van der Waals surface area contributed by atoms with E-state index in [1.807, 2.05) is 23.9 Å². The number of nitrogens with two attached hydrogens (primary N) is 1. The van der Waals surface area contributed by atoms with Crippen LogP contribution < -0.4 is 5.73 Å². The van der Waals surface area contributed by atoms with E-state index in [4.69, 9.17) is 17.3 Å². The molecule has 1 fully saturated rings. The first-order valence-electron chi connectivity index (χ1n) is 6.79. The average Bonchev–Trinajstić information content (AvgIpc) is 2.82. The zero-order chi connectivity index (χ0) is 13.0. The lowest BCUT2D eigenvalue weighted by atomic mass is 10.1. The molecule has 0 aromatic heterocycles. The monoisotopic (exact) mass is 283 g/mol. The maximum Gasteiger partial charge on any atom is 0.0446 e. The van der Waals surface area contributed by atoms with Crippen LogP contribution in [0.4, 0.5) is 0 Å². The molecule has 1 aromatic rings. The summed E-state index contributed by atoms with van der Waals surface area (Å²) < 4.78 is 0. The van der Waals surface area contributed by atoms with Crippen molar-refractivity contribution in [3.8, 4) is 0 Å². The lowest BCUT2D eigenvalue weighted by molar-refractivity contribution is 0.618. The number of hydrogen-bond donors (Lipinski definition) is 1. The topological polar surface area (TPSA) is 26.0 Å². The molecular formula is C15H22ClNS. The molecule has 1 aromatic carbocycles. The fraction of sp³-hybridized carbons (Fsp3) is 0.600. The summed E-state index contributed by atoms with van der Waals surface area (Å²) in [6, 6.07) is 8.29. The summed E-state index contributed by atoms with van der Waals surface area (Å²) in [6.45, 7) is 2.09. The van der Waals surface area contributed by atoms with Crippen molar-refractivity contribution in [3.63, 3.8) is 0 Å². The fourth-order valence-electron chi connectivity index (χ4n) is 2.65. The standard InChI is InChI=1S/C15H22ClNS/c1-11(17)15(13-7-4-8-14(16)9-13)18-10-12-5-2-3-6-12/h4,7-9,11-12,15H,2-3,5-6,10,17H2,1H3. The molecule has 1 aliphatic rings. The Labute approximate surface area is 119 Å². The third-order valence-corrected chi connectivity index (χ3v) is 5.60. The summed E-state index contributed by atoms with van der Waals surface area (Å²) in [5.41, 5.74) is 7.40. The van der Waals surface area contributed by atoms with Crippen LogP contribution in [0.3, 0.4) is 0 Å². The van der Waals surface area contributed by atoms with Crippen LogP contribution in [0.1, 0.15) is 43.4 Å². The third kappa shape index (κ3) is 3.91. The molecule has 0 aliphatic heterocycles. The average molecular weight is 284 g/mol. The Bertz CT molecular complexity index is 375. The second-order valence-corrected chi connectivity index (χ2v) is 6.93. The Morgan fingerprint density at radius 2 is 2.11 bits per heavy atom. The van der Waals surface area contributed by atoms with E-state index in [9.17, 15) is 0 Å². The van der Waals surface area contributed by atoms with Crippen molar-refractivity contribution < 1.29 is 0 Å². The molecule has 0 radical (unpaired) electrons. The highest BCUT2D eigenvalue weighted by molar-refractivity contribution is 7.99. The zero-order valence-corrected chi connectivity index (χ0v) is 12.5. The summed E-state index contributed by atoms with van der Waals surface area (Å²) >= 11 is 8.08. The number of hydrogen-bond acceptors (Lipinski definition) is 2. The van der Waals surface area contributed by atoms with Crippen molar-refractivity contribution in [1.82, 2.24) is 0 Å². The Balaban J connectivity index is 1.99. The van der Waals surface area contributed by atoms with E-state index in [1.54, 1.807) is 0 Å². The van der Waals surface area contributed by atoms with Gasteiger partial charge < -0.3 is 5.73 Å². The Morgan fingerprint density at radius 3 is 2.72 bits per heavy atom. The molecule has 0 spiro atoms. The number of rotatable bonds is 5. The number of thioether (sulfide) groups is 1. The molecule has 0 heterocycles. The van der Waals surface area contributed by atoms with Gasteiger partial charge in [-0.25, -0.2) is 0 Å². The maximum atomic E-state index is 6.14. The quantitative estimate of drug-likeness (QED) is 0.851. The second kappa shape index (κ2) is 6.83. The highest BCUT2D eigenvalue weighted by Gasteiger charge is 2.21. The molecule has 1 nitrogen and oxygen atoms in total. The third-order valence-electron chi connectivity index (χ3n) is 3.64. The lowest BCUT2D eigenvalue weighted by Crippen LogP contribution is -2.23. The van der Waals surface area contributed by atoms with Gasteiger partial charge in [-0.05, 0) is 49.1 Å². The van der Waals surface area contributed by atoms with Crippen LogP contribution in [-0.2, 0) is 0 Å². The summed E-state index contributed by atoms with van der Waals surface area (Å²) in [4.78, 5) is 0. The van der Waals surface area contributed by atoms with E-state index in [0.29, 0.717) is 5.25 Å². The predicted octanol–water partition coefficient (Wildman–Crippen LogP) is 4.65. The molecule has 0 bridgehead atoms. The van der Waals surface area contributed by atoms with Crippen LogP contribution in [0.25, 0.3) is 0 Å². The Kier molecular flexibility index (Phi) is 5.40. The van der Waals surface area contributed by atoms with Crippen LogP contribution in [-0.4, -0.2) is 11.8 Å². The Morgan fingerprint density at radius 1 is 1.39 bits per heavy atom. The molecule has 0 amide bonds. The first-order valence-corrected chi connectivity index (χ1v) is 8.22. The van der Waals surface area contributed by atoms with Crippen molar-refractivity contribution >= 4 is 23.4 Å². The lowest BCUT2D eigenvalue weighted by Gasteiger charge is -2.22. The van der Waals surface area contributed by atoms with E-state index >= 15 is 0 Å². The van der Waals surface area contributed by atoms with Crippen LogP contribution >= 0.6 is 23.4 Å². The first-order chi connectivity index (χ1) is 8.66. The number of halogens is 1. The van der Waals surface area contributed by atoms with Crippen LogP contribution in [0.5, 0.6) is 0 Å². The minimum atomic E-state index is 0.162. The maximum absolute atomic E-state index is 6.14. The summed E-state index contributed by atoms with van der Waals surface area (Å²) in [5.74, 6) is 2.13. The molecule has 2 unspecified atom stereocenters. The van der Waals surface area contributed by atoms with Gasteiger partial charge in [0.1, 0.15) is 0 Å². The largest absolute Gasteiger partial charge is 0.327 e. The SMILES string of the molecule is CC(N)C(SCC1CCCC1)c1cccc(Cl)c1. The molecule has 100 valence electrons. The van der Waals surface area contributed by atoms with Crippen LogP contribution in [0, 0.1) is 5.92 Å². The van der Waals surface area contributed by atoms with Gasteiger partial charge in [-0.15, -0.1) is 0 Å². The number of benzene rings is 1. The zero-order valence-electron chi connectivity index (χ0n) is 10.9. The molecule has 0 saturated heterocycles. The highest BCUT2D eigenvalue weighted by atomic mass is 35.5. The van der Waals surface area contributed by atoms with Crippen molar-refractivity contribution in [3.05, 3.63) is 34.9 Å². The summed E-state index contributed by atoms with van der Waals surface area (Å²) in [5, 5.41) is 1.17. The second-order valence-electron chi connectivity index (χ2n) is 5.32. The molecule has 3 heteroatoms. The van der Waals surface area contributed by atoms with E-state index in [1.165, 1.54) is 37.0 Å². The van der Waals surface area contributed by atoms with Gasteiger partial charge in [0.05, 0.1) is 0 Å². The molecule has 1 aliphatic carbocycles. The van der Waals surface area contributed by atoms with E-state index in [0.717, 1.165) is 10.9 Å². The van der Waals surface area contributed by atoms with Gasteiger partial charge in [0.2, 0.25) is 0 Å². The normalized spacial score (nSPS) is 19.9. The van der Waals surface area contributed by atoms with Crippen LogP contribution in [0.15, 0.2) is 24.3 Å². The van der Waals surface area contributed by atoms with Gasteiger partial charge in [0, 0.05) is 16.3 Å². The van der Waals surface area contributed by atoms with Gasteiger partial charge in [-0.1, -0.05) is 36.6 Å². The molecule has 2 atom stereocenters. The van der Waals surface area contributed by atoms with Gasteiger partial charge in [0.25, 0.3) is 0 Å². The molecule has 1 saturated carbocycles. The van der Waals surface area contributed by atoms with Gasteiger partial charge in [-0.2, -0.15) is 11.8 Å². The first kappa shape index (κ1) is 14.2. The van der Waals surface area contributed by atoms with Gasteiger partial charge >= 0.3 is 0 Å². The van der Waals surface area contributed by atoms with Gasteiger partial charge in [-0.3, -0.25) is 0 Å². The molecule has 18 heavy (non-hydrogen) atoms. The molecule has 2 rings (SSSR count). The van der Waals surface area contributed by atoms with Crippen molar-refractivity contribution in [2.75, 3.05) is 5.75 Å². The van der Waals surface area contributed by atoms with Crippen LogP contribution in [0.2, 0.25) is 5.02 Å². The predicted molar refractivity (Wildman–Crippen MR) is 82.3 cm³/mol. The Hall–Kier alpha value is -0.180. The fourth-order valence-corrected chi connectivity index (χ4v) is 4.31. The van der Waals surface area contributed by atoms with E-state index < -0.39 is 0 Å². The van der Waals surface area contributed by atoms with Crippen molar-refractivity contribution in [2.24, 2.45) is 11.7 Å². The van der Waals surface area contributed by atoms with E-state index in [-0.39, 0.29) is 6.04 Å². The van der Waals surface area contributed by atoms with Crippen molar-refractivity contribution in [1.29, 1.82) is 0 Å². The minimum Gasteiger partial charge on any atom is -0.327 e.